The number of carbonyl (C=O) groups is 1. The van der Waals surface area contributed by atoms with Crippen molar-refractivity contribution in [3.8, 4) is 0 Å². The van der Waals surface area contributed by atoms with Crippen molar-refractivity contribution in [1.82, 2.24) is 9.80 Å². The van der Waals surface area contributed by atoms with Gasteiger partial charge in [0.15, 0.2) is 0 Å². The van der Waals surface area contributed by atoms with Crippen LogP contribution in [0.25, 0.3) is 0 Å². The molecule has 1 fully saturated rings. The van der Waals surface area contributed by atoms with E-state index in [0.717, 1.165) is 25.2 Å². The highest BCUT2D eigenvalue weighted by molar-refractivity contribution is 8.04. The number of primary amides is 1. The van der Waals surface area contributed by atoms with Gasteiger partial charge in [-0.2, -0.15) is 0 Å². The van der Waals surface area contributed by atoms with Crippen molar-refractivity contribution >= 4 is 17.7 Å². The predicted octanol–water partition coefficient (Wildman–Crippen LogP) is 2.37. The Bertz CT molecular complexity index is 612. The summed E-state index contributed by atoms with van der Waals surface area (Å²) in [6, 6.07) is 10.5. The van der Waals surface area contributed by atoms with Gasteiger partial charge in [0.25, 0.3) is 5.91 Å². The Morgan fingerprint density at radius 1 is 1.36 bits per heavy atom. The van der Waals surface area contributed by atoms with Crippen LogP contribution in [0.5, 0.6) is 0 Å². The maximum atomic E-state index is 11.6. The minimum atomic E-state index is -0.308. The zero-order valence-electron chi connectivity index (χ0n) is 13.4. The molecule has 0 spiro atoms. The summed E-state index contributed by atoms with van der Waals surface area (Å²) in [7, 11) is 0. The summed E-state index contributed by atoms with van der Waals surface area (Å²) < 4.78 is 0. The summed E-state index contributed by atoms with van der Waals surface area (Å²) >= 11 is 1.60. The number of benzene rings is 1. The Balaban J connectivity index is 1.76. The van der Waals surface area contributed by atoms with Gasteiger partial charge >= 0.3 is 0 Å². The largest absolute Gasteiger partial charge is 0.365 e. The van der Waals surface area contributed by atoms with Gasteiger partial charge in [-0.25, -0.2) is 0 Å². The first-order valence-corrected chi connectivity index (χ1v) is 8.53. The number of hydrogen-bond donors (Lipinski definition) is 1. The van der Waals surface area contributed by atoms with Gasteiger partial charge in [-0.15, -0.1) is 0 Å². The average molecular weight is 317 g/mol. The minimum absolute atomic E-state index is 0.0941. The molecule has 2 heterocycles. The lowest BCUT2D eigenvalue weighted by Crippen LogP contribution is -2.44. The zero-order valence-corrected chi connectivity index (χ0v) is 14.2. The van der Waals surface area contributed by atoms with E-state index < -0.39 is 0 Å². The molecule has 1 unspecified atom stereocenters. The summed E-state index contributed by atoms with van der Waals surface area (Å²) in [5, 5.41) is 0. The number of nitrogens with two attached hydrogens (primary N) is 1. The van der Waals surface area contributed by atoms with Gasteiger partial charge in [-0.3, -0.25) is 9.69 Å². The molecule has 2 aliphatic rings. The van der Waals surface area contributed by atoms with Crippen molar-refractivity contribution in [2.45, 2.75) is 38.2 Å². The van der Waals surface area contributed by atoms with Crippen LogP contribution in [0, 0.1) is 0 Å². The van der Waals surface area contributed by atoms with Crippen LogP contribution in [0.15, 0.2) is 40.9 Å². The highest BCUT2D eigenvalue weighted by atomic mass is 32.2. The van der Waals surface area contributed by atoms with Gasteiger partial charge in [-0.1, -0.05) is 42.1 Å². The summed E-state index contributed by atoms with van der Waals surface area (Å²) in [6.45, 7) is 8.46. The minimum Gasteiger partial charge on any atom is -0.365 e. The number of nitrogens with zero attached hydrogens (tertiary/aromatic N) is 2. The van der Waals surface area contributed by atoms with Crippen LogP contribution in [0.1, 0.15) is 26.3 Å². The normalized spacial score (nSPS) is 24.0. The Hall–Kier alpha value is -1.46. The van der Waals surface area contributed by atoms with E-state index in [1.807, 2.05) is 13.0 Å². The molecule has 2 aliphatic heterocycles. The molecule has 1 atom stereocenters. The first kappa shape index (κ1) is 15.4. The predicted molar refractivity (Wildman–Crippen MR) is 90.9 cm³/mol. The Morgan fingerprint density at radius 2 is 2.05 bits per heavy atom. The average Bonchev–Trinajstić information content (AvgIpc) is 2.90. The van der Waals surface area contributed by atoms with Gasteiger partial charge in [0, 0.05) is 24.3 Å². The molecule has 5 heteroatoms. The number of allylic oxidation sites excluding steroid dienone is 1. The lowest BCUT2D eigenvalue weighted by molar-refractivity contribution is -0.114. The third kappa shape index (κ3) is 2.63. The SMILES string of the molecule is CC1=C(C(N)=O)SC2N1CC(C)(C)N2CCc1ccccc1. The van der Waals surface area contributed by atoms with E-state index in [1.165, 1.54) is 5.56 Å². The van der Waals surface area contributed by atoms with Crippen molar-refractivity contribution in [2.75, 3.05) is 13.1 Å². The van der Waals surface area contributed by atoms with E-state index in [0.29, 0.717) is 4.91 Å². The highest BCUT2D eigenvalue weighted by Gasteiger charge is 2.49. The topological polar surface area (TPSA) is 49.6 Å². The lowest BCUT2D eigenvalue weighted by Gasteiger charge is -2.33. The lowest BCUT2D eigenvalue weighted by atomic mass is 10.0. The van der Waals surface area contributed by atoms with Crippen LogP contribution in [0.2, 0.25) is 0 Å². The van der Waals surface area contributed by atoms with Gasteiger partial charge in [-0.05, 0) is 32.8 Å². The molecule has 2 N–H and O–H groups in total. The molecule has 1 saturated heterocycles. The van der Waals surface area contributed by atoms with Gasteiger partial charge in [0.05, 0.1) is 4.91 Å². The number of amides is 1. The standard InChI is InChI=1S/C17H23N3OS/c1-12-14(15(18)21)22-16-19(12)11-17(2,3)20(16)10-9-13-7-5-4-6-8-13/h4-8,16H,9-11H2,1-3H3,(H2,18,21). The summed E-state index contributed by atoms with van der Waals surface area (Å²) in [4.78, 5) is 17.1. The van der Waals surface area contributed by atoms with Crippen molar-refractivity contribution in [3.05, 3.63) is 46.5 Å². The van der Waals surface area contributed by atoms with Crippen molar-refractivity contribution in [1.29, 1.82) is 0 Å². The van der Waals surface area contributed by atoms with Crippen LogP contribution in [-0.2, 0) is 11.2 Å². The second-order valence-corrected chi connectivity index (χ2v) is 7.66. The third-order valence-electron chi connectivity index (χ3n) is 4.56. The highest BCUT2D eigenvalue weighted by Crippen LogP contribution is 2.46. The van der Waals surface area contributed by atoms with Crippen molar-refractivity contribution in [3.63, 3.8) is 0 Å². The molecular weight excluding hydrogens is 294 g/mol. The number of fused-ring (bicyclic) bond motifs is 1. The molecule has 0 bridgehead atoms. The maximum absolute atomic E-state index is 11.6. The fourth-order valence-electron chi connectivity index (χ4n) is 3.33. The van der Waals surface area contributed by atoms with Gasteiger partial charge in [0.2, 0.25) is 0 Å². The third-order valence-corrected chi connectivity index (χ3v) is 6.01. The molecule has 1 aromatic carbocycles. The molecular formula is C17H23N3OS. The van der Waals surface area contributed by atoms with Crippen molar-refractivity contribution in [2.24, 2.45) is 5.73 Å². The van der Waals surface area contributed by atoms with Gasteiger partial charge < -0.3 is 10.6 Å². The second-order valence-electron chi connectivity index (χ2n) is 6.59. The smallest absolute Gasteiger partial charge is 0.257 e. The second kappa shape index (κ2) is 5.63. The van der Waals surface area contributed by atoms with E-state index in [4.69, 9.17) is 5.73 Å². The monoisotopic (exact) mass is 317 g/mol. The van der Waals surface area contributed by atoms with E-state index in [2.05, 4.69) is 47.9 Å². The van der Waals surface area contributed by atoms with Crippen molar-refractivity contribution < 1.29 is 4.79 Å². The molecule has 118 valence electrons. The Labute approximate surface area is 136 Å². The fraction of sp³-hybridized carbons (Fsp3) is 0.471. The van der Waals surface area contributed by atoms with Crippen LogP contribution in [0.4, 0.5) is 0 Å². The van der Waals surface area contributed by atoms with E-state index in [9.17, 15) is 4.79 Å². The number of hydrogen-bond acceptors (Lipinski definition) is 4. The van der Waals surface area contributed by atoms with Crippen LogP contribution in [0.3, 0.4) is 0 Å². The van der Waals surface area contributed by atoms with E-state index >= 15 is 0 Å². The molecule has 22 heavy (non-hydrogen) atoms. The summed E-state index contributed by atoms with van der Waals surface area (Å²) in [5.41, 5.74) is 8.17. The molecule has 1 aromatic rings. The first-order valence-electron chi connectivity index (χ1n) is 7.65. The number of rotatable bonds is 4. The van der Waals surface area contributed by atoms with E-state index in [-0.39, 0.29) is 16.9 Å². The molecule has 0 aliphatic carbocycles. The van der Waals surface area contributed by atoms with Gasteiger partial charge in [0.1, 0.15) is 5.50 Å². The zero-order chi connectivity index (χ0) is 15.9. The molecule has 3 rings (SSSR count). The summed E-state index contributed by atoms with van der Waals surface area (Å²) in [6.07, 6.45) is 1.01. The quantitative estimate of drug-likeness (QED) is 0.926. The Kier molecular flexibility index (Phi) is 3.95. The van der Waals surface area contributed by atoms with E-state index in [1.54, 1.807) is 11.8 Å². The fourth-order valence-corrected chi connectivity index (χ4v) is 4.82. The van der Waals surface area contributed by atoms with Crippen LogP contribution in [-0.4, -0.2) is 39.8 Å². The molecule has 4 nitrogen and oxygen atoms in total. The number of thioether (sulfide) groups is 1. The summed E-state index contributed by atoms with van der Waals surface area (Å²) in [5.74, 6) is -0.308. The molecule has 1 amide bonds. The van der Waals surface area contributed by atoms with Crippen LogP contribution >= 0.6 is 11.8 Å². The Morgan fingerprint density at radius 3 is 2.68 bits per heavy atom. The molecule has 0 radical (unpaired) electrons. The first-order chi connectivity index (χ1) is 10.4. The maximum Gasteiger partial charge on any atom is 0.257 e. The number of carbonyl (C=O) groups excluding carboxylic acids is 1. The molecule has 0 saturated carbocycles. The van der Waals surface area contributed by atoms with Crippen LogP contribution < -0.4 is 5.73 Å². The molecule has 0 aromatic heterocycles.